The van der Waals surface area contributed by atoms with Crippen LogP contribution in [0.15, 0.2) is 47.5 Å². The lowest BCUT2D eigenvalue weighted by molar-refractivity contribution is -0.305. The molecule has 4 N–H and O–H groups in total. The number of hydrogen-bond donors (Lipinski definition) is 4. The van der Waals surface area contributed by atoms with Gasteiger partial charge in [0.25, 0.3) is 0 Å². The molecular formula is C23H20Cl2N4O7. The van der Waals surface area contributed by atoms with Gasteiger partial charge in [0.15, 0.2) is 18.2 Å². The van der Waals surface area contributed by atoms with Gasteiger partial charge < -0.3 is 29.9 Å². The van der Waals surface area contributed by atoms with Crippen LogP contribution in [0.1, 0.15) is 29.0 Å². The maximum atomic E-state index is 11.6. The molecule has 0 amide bonds. The molecule has 0 unspecified atom stereocenters. The Labute approximate surface area is 214 Å². The average molecular weight is 535 g/mol. The lowest BCUT2D eigenvalue weighted by Crippen LogP contribution is -2.60. The van der Waals surface area contributed by atoms with Gasteiger partial charge >= 0.3 is 5.97 Å². The summed E-state index contributed by atoms with van der Waals surface area (Å²) in [5, 5.41) is 49.3. The molecule has 0 radical (unpaired) electrons. The fourth-order valence-corrected chi connectivity index (χ4v) is 4.62. The summed E-state index contributed by atoms with van der Waals surface area (Å²) >= 11 is 12.8. The number of aliphatic imine (C=N–C) groups is 1. The van der Waals surface area contributed by atoms with Crippen molar-refractivity contribution in [2.75, 3.05) is 0 Å². The minimum Gasteiger partial charge on any atom is -0.479 e. The van der Waals surface area contributed by atoms with Crippen LogP contribution in [-0.4, -0.2) is 77.6 Å². The van der Waals surface area contributed by atoms with Crippen LogP contribution >= 0.6 is 23.2 Å². The van der Waals surface area contributed by atoms with Crippen molar-refractivity contribution in [2.24, 2.45) is 4.99 Å². The Bertz CT molecular complexity index is 1360. The van der Waals surface area contributed by atoms with Crippen molar-refractivity contribution in [1.29, 1.82) is 0 Å². The molecular weight excluding hydrogens is 515 g/mol. The molecule has 3 heterocycles. The first-order chi connectivity index (χ1) is 17.2. The van der Waals surface area contributed by atoms with E-state index in [2.05, 4.69) is 10.2 Å². The summed E-state index contributed by atoms with van der Waals surface area (Å²) in [6.07, 6.45) is -10.3. The number of fused-ring (bicyclic) bond motifs is 3. The van der Waals surface area contributed by atoms with Gasteiger partial charge in [0.1, 0.15) is 24.1 Å². The number of aliphatic carboxylic acids is 1. The SMILES string of the molecule is Cc1nnc2n1-c1ccc(Cl)cc1C(c1ccccc1Cl)=N[C@@H]2O[C@H]1O[C@H](C(=O)O)[C@H](O)[C@@H](O)[C@H]1O. The largest absolute Gasteiger partial charge is 0.479 e. The van der Waals surface area contributed by atoms with Crippen LogP contribution in [0, 0.1) is 6.92 Å². The maximum absolute atomic E-state index is 11.6. The van der Waals surface area contributed by atoms with Gasteiger partial charge in [0, 0.05) is 21.2 Å². The summed E-state index contributed by atoms with van der Waals surface area (Å²) in [6, 6.07) is 12.2. The van der Waals surface area contributed by atoms with Gasteiger partial charge in [0.05, 0.1) is 11.4 Å². The van der Waals surface area contributed by atoms with Crippen LogP contribution in [0.5, 0.6) is 0 Å². The molecule has 0 saturated carbocycles. The minimum atomic E-state index is -1.87. The molecule has 6 atom stereocenters. The van der Waals surface area contributed by atoms with Crippen molar-refractivity contribution in [1.82, 2.24) is 14.8 Å². The summed E-state index contributed by atoms with van der Waals surface area (Å²) < 4.78 is 12.9. The Kier molecular flexibility index (Phi) is 6.55. The number of carboxylic acids is 1. The number of rotatable bonds is 4. The van der Waals surface area contributed by atoms with Crippen LogP contribution in [0.2, 0.25) is 10.0 Å². The predicted octanol–water partition coefficient (Wildman–Crippen LogP) is 1.64. The minimum absolute atomic E-state index is 0.196. The molecule has 1 fully saturated rings. The number of nitrogens with zero attached hydrogens (tertiary/aromatic N) is 4. The van der Waals surface area contributed by atoms with Gasteiger partial charge in [-0.25, -0.2) is 9.79 Å². The zero-order valence-corrected chi connectivity index (χ0v) is 20.1. The smallest absolute Gasteiger partial charge is 0.335 e. The van der Waals surface area contributed by atoms with Crippen molar-refractivity contribution in [3.63, 3.8) is 0 Å². The third-order valence-corrected chi connectivity index (χ3v) is 6.54. The fraction of sp³-hybridized carbons (Fsp3) is 0.304. The number of ether oxygens (including phenoxy) is 2. The standard InChI is InChI=1S/C23H20Cl2N4O7/c1-9-27-28-20-21(36-23-18(32)16(30)17(31)19(35-23)22(33)34)26-15(11-4-2-3-5-13(11)25)12-8-10(24)6-7-14(12)29(9)20/h2-8,16-19,21,23,30-32H,1H3,(H,33,34)/t16-,17-,18-,19+,21-,23-/m1/s1. The molecule has 188 valence electrons. The Morgan fingerprint density at radius 1 is 1.03 bits per heavy atom. The first-order valence-electron chi connectivity index (χ1n) is 10.8. The molecule has 5 rings (SSSR count). The highest BCUT2D eigenvalue weighted by Gasteiger charge is 2.48. The Morgan fingerprint density at radius 3 is 2.50 bits per heavy atom. The van der Waals surface area contributed by atoms with E-state index in [1.165, 1.54) is 0 Å². The van der Waals surface area contributed by atoms with Crippen molar-refractivity contribution < 1.29 is 34.7 Å². The second kappa shape index (κ2) is 9.52. The molecule has 0 aliphatic carbocycles. The number of benzene rings is 2. The summed E-state index contributed by atoms with van der Waals surface area (Å²) in [6.45, 7) is 1.72. The van der Waals surface area contributed by atoms with Crippen LogP contribution in [-0.2, 0) is 14.3 Å². The maximum Gasteiger partial charge on any atom is 0.335 e. The zero-order valence-electron chi connectivity index (χ0n) is 18.6. The van der Waals surface area contributed by atoms with Crippen LogP contribution in [0.4, 0.5) is 0 Å². The average Bonchev–Trinajstić information content (AvgIpc) is 3.17. The molecule has 36 heavy (non-hydrogen) atoms. The van der Waals surface area contributed by atoms with Crippen molar-refractivity contribution in [3.8, 4) is 5.69 Å². The Morgan fingerprint density at radius 2 is 1.78 bits per heavy atom. The number of aliphatic hydroxyl groups excluding tert-OH is 3. The van der Waals surface area contributed by atoms with Crippen LogP contribution in [0.25, 0.3) is 5.69 Å². The first kappa shape index (κ1) is 24.8. The number of aromatic nitrogens is 3. The van der Waals surface area contributed by atoms with Gasteiger partial charge in [-0.1, -0.05) is 41.4 Å². The van der Waals surface area contributed by atoms with E-state index >= 15 is 0 Å². The van der Waals surface area contributed by atoms with Crippen molar-refractivity contribution in [2.45, 2.75) is 43.9 Å². The number of hydrogen-bond acceptors (Lipinski definition) is 9. The molecule has 11 nitrogen and oxygen atoms in total. The van der Waals surface area contributed by atoms with Crippen molar-refractivity contribution >= 4 is 34.9 Å². The third kappa shape index (κ3) is 4.18. The molecule has 0 spiro atoms. The molecule has 2 aromatic carbocycles. The van der Waals surface area contributed by atoms with E-state index in [1.54, 1.807) is 54.0 Å². The molecule has 13 heteroatoms. The van der Waals surface area contributed by atoms with Crippen LogP contribution < -0.4 is 0 Å². The lowest BCUT2D eigenvalue weighted by atomic mass is 9.99. The van der Waals surface area contributed by atoms with E-state index in [0.717, 1.165) is 0 Å². The van der Waals surface area contributed by atoms with Crippen molar-refractivity contribution in [3.05, 3.63) is 75.3 Å². The summed E-state index contributed by atoms with van der Waals surface area (Å²) in [4.78, 5) is 16.3. The molecule has 2 aliphatic rings. The predicted molar refractivity (Wildman–Crippen MR) is 126 cm³/mol. The Balaban J connectivity index is 1.66. The quantitative estimate of drug-likeness (QED) is 0.390. The summed E-state index contributed by atoms with van der Waals surface area (Å²) in [5.41, 5.74) is 2.16. The number of halogens is 2. The van der Waals surface area contributed by atoms with E-state index in [-0.39, 0.29) is 5.82 Å². The van der Waals surface area contributed by atoms with E-state index in [9.17, 15) is 25.2 Å². The number of carboxylic acid groups (broad SMARTS) is 1. The molecule has 3 aromatic rings. The van der Waals surface area contributed by atoms with Gasteiger partial charge in [0.2, 0.25) is 6.23 Å². The molecule has 2 aliphatic heterocycles. The van der Waals surface area contributed by atoms with E-state index in [1.807, 2.05) is 0 Å². The number of carbonyl (C=O) groups is 1. The molecule has 1 saturated heterocycles. The molecule has 1 aromatic heterocycles. The van der Waals surface area contributed by atoms with E-state index in [0.29, 0.717) is 38.4 Å². The second-order valence-electron chi connectivity index (χ2n) is 8.28. The highest BCUT2D eigenvalue weighted by molar-refractivity contribution is 6.36. The van der Waals surface area contributed by atoms with E-state index in [4.69, 9.17) is 37.7 Å². The Hall–Kier alpha value is -2.90. The van der Waals surface area contributed by atoms with Gasteiger partial charge in [-0.3, -0.25) is 4.57 Å². The highest BCUT2D eigenvalue weighted by Crippen LogP contribution is 2.36. The monoisotopic (exact) mass is 534 g/mol. The fourth-order valence-electron chi connectivity index (χ4n) is 4.22. The van der Waals surface area contributed by atoms with Gasteiger partial charge in [-0.15, -0.1) is 10.2 Å². The number of aliphatic hydroxyl groups is 3. The van der Waals surface area contributed by atoms with E-state index < -0.39 is 42.9 Å². The summed E-state index contributed by atoms with van der Waals surface area (Å²) in [7, 11) is 0. The molecule has 0 bridgehead atoms. The normalized spacial score (nSPS) is 27.6. The first-order valence-corrected chi connectivity index (χ1v) is 11.6. The third-order valence-electron chi connectivity index (χ3n) is 5.98. The highest BCUT2D eigenvalue weighted by atomic mass is 35.5. The van der Waals surface area contributed by atoms with Gasteiger partial charge in [-0.2, -0.15) is 0 Å². The summed E-state index contributed by atoms with van der Waals surface area (Å²) in [5.74, 6) is -0.854. The second-order valence-corrected chi connectivity index (χ2v) is 9.13. The zero-order chi connectivity index (χ0) is 25.7. The number of aryl methyl sites for hydroxylation is 1. The topological polar surface area (TPSA) is 160 Å². The van der Waals surface area contributed by atoms with Gasteiger partial charge in [-0.05, 0) is 31.2 Å². The lowest BCUT2D eigenvalue weighted by Gasteiger charge is -2.39. The van der Waals surface area contributed by atoms with Crippen LogP contribution in [0.3, 0.4) is 0 Å².